The summed E-state index contributed by atoms with van der Waals surface area (Å²) in [6.45, 7) is 14.7. The minimum atomic E-state index is -1.88. The average Bonchev–Trinajstić information content (AvgIpc) is 2.51. The summed E-state index contributed by atoms with van der Waals surface area (Å²) in [6.07, 6.45) is -1.01. The summed E-state index contributed by atoms with van der Waals surface area (Å²) in [6, 6.07) is 2.77. The highest BCUT2D eigenvalue weighted by Gasteiger charge is 2.55. The Kier molecular flexibility index (Phi) is 7.26. The van der Waals surface area contributed by atoms with Crippen molar-refractivity contribution >= 4 is 20.3 Å². The van der Waals surface area contributed by atoms with Crippen molar-refractivity contribution in [1.29, 1.82) is 0 Å². The molecule has 0 spiro atoms. The molecule has 0 bridgehead atoms. The molecule has 134 valence electrons. The van der Waals surface area contributed by atoms with E-state index in [0.29, 0.717) is 6.61 Å². The van der Waals surface area contributed by atoms with Gasteiger partial charge in [-0.05, 0) is 30.0 Å². The smallest absolute Gasteiger partial charge is 0.416 e. The van der Waals surface area contributed by atoms with Crippen LogP contribution in [-0.4, -0.2) is 44.0 Å². The molecule has 1 aliphatic rings. The van der Waals surface area contributed by atoms with Gasteiger partial charge in [0, 0.05) is 0 Å². The molecule has 2 amide bonds. The zero-order valence-corrected chi connectivity index (χ0v) is 16.7. The third-order valence-electron chi connectivity index (χ3n) is 4.82. The Hall–Kier alpha value is -0.883. The Bertz CT molecular complexity index is 413. The first-order valence-electron chi connectivity index (χ1n) is 8.90. The lowest BCUT2D eigenvalue weighted by Gasteiger charge is -2.49. The van der Waals surface area contributed by atoms with Gasteiger partial charge < -0.3 is 9.16 Å². The highest BCUT2D eigenvalue weighted by molar-refractivity contribution is 6.73. The molecule has 0 unspecified atom stereocenters. The van der Waals surface area contributed by atoms with Gasteiger partial charge in [0.15, 0.2) is 8.32 Å². The van der Waals surface area contributed by atoms with E-state index in [2.05, 4.69) is 20.8 Å². The van der Waals surface area contributed by atoms with Crippen LogP contribution < -0.4 is 0 Å². The van der Waals surface area contributed by atoms with E-state index in [1.54, 1.807) is 0 Å². The van der Waals surface area contributed by atoms with Gasteiger partial charge in [0.05, 0.1) is 12.6 Å². The summed E-state index contributed by atoms with van der Waals surface area (Å²) >= 11 is 0. The van der Waals surface area contributed by atoms with Crippen LogP contribution in [0.5, 0.6) is 0 Å². The van der Waals surface area contributed by atoms with Crippen LogP contribution in [-0.2, 0) is 14.0 Å². The lowest BCUT2D eigenvalue weighted by molar-refractivity contribution is -0.163. The van der Waals surface area contributed by atoms with Gasteiger partial charge in [0.25, 0.3) is 5.91 Å². The van der Waals surface area contributed by atoms with Gasteiger partial charge in [0.1, 0.15) is 6.10 Å². The van der Waals surface area contributed by atoms with E-state index in [0.717, 1.165) is 18.1 Å². The number of ether oxygens (including phenoxy) is 1. The maximum Gasteiger partial charge on any atom is 0.416 e. The maximum atomic E-state index is 12.5. The van der Waals surface area contributed by atoms with E-state index in [9.17, 15) is 9.59 Å². The molecule has 5 nitrogen and oxygen atoms in total. The van der Waals surface area contributed by atoms with Gasteiger partial charge in [-0.1, -0.05) is 48.5 Å². The van der Waals surface area contributed by atoms with Crippen LogP contribution in [0.2, 0.25) is 18.1 Å². The molecule has 23 heavy (non-hydrogen) atoms. The monoisotopic (exact) mass is 343 g/mol. The molecule has 0 N–H and O–H groups in total. The predicted molar refractivity (Wildman–Crippen MR) is 93.7 cm³/mol. The second-order valence-corrected chi connectivity index (χ2v) is 11.9. The van der Waals surface area contributed by atoms with Crippen molar-refractivity contribution in [2.45, 2.75) is 78.7 Å². The molecule has 1 aliphatic heterocycles. The lowest BCUT2D eigenvalue weighted by atomic mass is 9.89. The van der Waals surface area contributed by atoms with Crippen LogP contribution >= 0.6 is 0 Å². The molecule has 6 heteroatoms. The zero-order valence-electron chi connectivity index (χ0n) is 15.7. The third-order valence-corrected chi connectivity index (χ3v) is 9.44. The van der Waals surface area contributed by atoms with E-state index >= 15 is 0 Å². The van der Waals surface area contributed by atoms with Crippen molar-refractivity contribution in [3.63, 3.8) is 0 Å². The second-order valence-electron chi connectivity index (χ2n) is 7.20. The number of hydrogen-bond acceptors (Lipinski definition) is 4. The fraction of sp³-hybridized carbons (Fsp3) is 0.882. The van der Waals surface area contributed by atoms with Gasteiger partial charge in [-0.15, -0.1) is 0 Å². The van der Waals surface area contributed by atoms with E-state index in [1.165, 1.54) is 4.90 Å². The largest absolute Gasteiger partial charge is 0.449 e. The molecule has 2 atom stereocenters. The molecule has 1 heterocycles. The van der Waals surface area contributed by atoms with E-state index in [-0.39, 0.29) is 23.8 Å². The molecule has 0 aromatic rings. The van der Waals surface area contributed by atoms with Crippen LogP contribution in [0.1, 0.15) is 48.5 Å². The molecular weight excluding hydrogens is 310 g/mol. The Labute approximate surface area is 141 Å². The molecule has 0 aliphatic carbocycles. The fourth-order valence-corrected chi connectivity index (χ4v) is 5.82. The Balaban J connectivity index is 2.84. The normalized spacial score (nSPS) is 21.8. The first-order chi connectivity index (χ1) is 10.7. The van der Waals surface area contributed by atoms with Crippen molar-refractivity contribution in [2.75, 3.05) is 6.61 Å². The molecule has 0 aromatic heterocycles. The molecule has 0 radical (unpaired) electrons. The number of β-lactam (4-membered cyclic amide) rings is 1. The molecule has 0 saturated carbocycles. The number of imide groups is 1. The number of hydrogen-bond donors (Lipinski definition) is 0. The van der Waals surface area contributed by atoms with Crippen molar-refractivity contribution in [3.05, 3.63) is 0 Å². The third kappa shape index (κ3) is 4.35. The minimum absolute atomic E-state index is 0.154. The van der Waals surface area contributed by atoms with E-state index in [1.807, 2.05) is 27.7 Å². The second kappa shape index (κ2) is 8.28. The first kappa shape index (κ1) is 20.2. The number of carbonyl (C=O) groups excluding carboxylic acids is 2. The SMILES string of the molecule is CC[Si](CC)(CC)O[C@H]1C(=O)N(C(=O)OCC(C)C)[C@H]1C(C)C. The highest BCUT2D eigenvalue weighted by atomic mass is 28.4. The summed E-state index contributed by atoms with van der Waals surface area (Å²) in [5.74, 6) is 0.173. The summed E-state index contributed by atoms with van der Waals surface area (Å²) in [4.78, 5) is 26.0. The van der Waals surface area contributed by atoms with Crippen LogP contribution in [0.4, 0.5) is 4.79 Å². The molecule has 1 fully saturated rings. The van der Waals surface area contributed by atoms with Gasteiger partial charge in [0.2, 0.25) is 0 Å². The first-order valence-corrected chi connectivity index (χ1v) is 11.4. The van der Waals surface area contributed by atoms with Gasteiger partial charge in [-0.25, -0.2) is 9.69 Å². The van der Waals surface area contributed by atoms with Gasteiger partial charge in [-0.3, -0.25) is 4.79 Å². The number of carbonyl (C=O) groups is 2. The minimum Gasteiger partial charge on any atom is -0.449 e. The van der Waals surface area contributed by atoms with Crippen LogP contribution in [0, 0.1) is 11.8 Å². The highest BCUT2D eigenvalue weighted by Crippen LogP contribution is 2.35. The standard InChI is InChI=1S/C17H33NO4Si/c1-8-23(9-2,10-3)22-15-14(13(6)7)18(16(15)19)17(20)21-11-12(4)5/h12-15H,8-11H2,1-7H3/t14-,15+/m0/s1. The van der Waals surface area contributed by atoms with E-state index < -0.39 is 20.5 Å². The van der Waals surface area contributed by atoms with Crippen molar-refractivity contribution < 1.29 is 18.8 Å². The Morgan fingerprint density at radius 1 is 1.13 bits per heavy atom. The van der Waals surface area contributed by atoms with Gasteiger partial charge >= 0.3 is 6.09 Å². The fourth-order valence-electron chi connectivity index (χ4n) is 3.04. The van der Waals surface area contributed by atoms with Gasteiger partial charge in [-0.2, -0.15) is 0 Å². The predicted octanol–water partition coefficient (Wildman–Crippen LogP) is 4.04. The lowest BCUT2D eigenvalue weighted by Crippen LogP contribution is -2.71. The average molecular weight is 344 g/mol. The van der Waals surface area contributed by atoms with Crippen LogP contribution in [0.3, 0.4) is 0 Å². The molecular formula is C17H33NO4Si. The summed E-state index contributed by atoms with van der Waals surface area (Å²) in [7, 11) is -1.88. The summed E-state index contributed by atoms with van der Waals surface area (Å²) in [5.41, 5.74) is 0. The van der Waals surface area contributed by atoms with Crippen LogP contribution in [0.25, 0.3) is 0 Å². The number of amides is 2. The zero-order chi connectivity index (χ0) is 17.8. The Morgan fingerprint density at radius 2 is 1.65 bits per heavy atom. The number of nitrogens with zero attached hydrogens (tertiary/aromatic N) is 1. The van der Waals surface area contributed by atoms with E-state index in [4.69, 9.17) is 9.16 Å². The Morgan fingerprint density at radius 3 is 2.04 bits per heavy atom. The van der Waals surface area contributed by atoms with Crippen LogP contribution in [0.15, 0.2) is 0 Å². The molecule has 1 saturated heterocycles. The topological polar surface area (TPSA) is 55.8 Å². The van der Waals surface area contributed by atoms with Crippen molar-refractivity contribution in [2.24, 2.45) is 11.8 Å². The quantitative estimate of drug-likeness (QED) is 0.493. The van der Waals surface area contributed by atoms with Crippen molar-refractivity contribution in [3.8, 4) is 0 Å². The summed E-state index contributed by atoms with van der Waals surface area (Å²) < 4.78 is 11.6. The maximum absolute atomic E-state index is 12.5. The molecule has 1 rings (SSSR count). The number of rotatable bonds is 8. The molecule has 0 aromatic carbocycles. The van der Waals surface area contributed by atoms with Crippen molar-refractivity contribution in [1.82, 2.24) is 4.90 Å². The summed E-state index contributed by atoms with van der Waals surface area (Å²) in [5, 5.41) is 0. The number of likely N-dealkylation sites (tertiary alicyclic amines) is 1.